The van der Waals surface area contributed by atoms with Gasteiger partial charge in [-0.25, -0.2) is 0 Å². The maximum absolute atomic E-state index is 12.2. The van der Waals surface area contributed by atoms with Gasteiger partial charge in [0.1, 0.15) is 6.61 Å². The van der Waals surface area contributed by atoms with Gasteiger partial charge in [0.25, 0.3) is 5.91 Å². The van der Waals surface area contributed by atoms with Crippen LogP contribution in [0.25, 0.3) is 10.9 Å². The summed E-state index contributed by atoms with van der Waals surface area (Å²) in [6, 6.07) is 17.1. The first-order valence-electron chi connectivity index (χ1n) is 8.72. The van der Waals surface area contributed by atoms with E-state index in [1.807, 2.05) is 47.2 Å². The lowest BCUT2D eigenvalue weighted by molar-refractivity contribution is -0.135. The maximum atomic E-state index is 12.2. The highest BCUT2D eigenvalue weighted by molar-refractivity contribution is 5.85. The van der Waals surface area contributed by atoms with Gasteiger partial charge in [0.15, 0.2) is 11.5 Å². The predicted molar refractivity (Wildman–Crippen MR) is 99.2 cm³/mol. The van der Waals surface area contributed by atoms with Crippen LogP contribution in [-0.4, -0.2) is 29.1 Å². The molecule has 7 heteroatoms. The molecule has 1 unspecified atom stereocenters. The molecule has 7 nitrogen and oxygen atoms in total. The summed E-state index contributed by atoms with van der Waals surface area (Å²) in [6.45, 7) is 0.611. The number of hydrazine groups is 1. The normalized spacial score (nSPS) is 15.3. The van der Waals surface area contributed by atoms with Crippen molar-refractivity contribution in [2.45, 2.75) is 19.1 Å². The summed E-state index contributed by atoms with van der Waals surface area (Å²) in [4.78, 5) is 24.2. The molecule has 0 spiro atoms. The zero-order valence-corrected chi connectivity index (χ0v) is 14.6. The second-order valence-corrected chi connectivity index (χ2v) is 6.22. The number of carbonyl (C=O) groups excluding carboxylic acids is 2. The van der Waals surface area contributed by atoms with E-state index >= 15 is 0 Å². The molecule has 4 rings (SSSR count). The highest BCUT2D eigenvalue weighted by atomic mass is 16.6. The summed E-state index contributed by atoms with van der Waals surface area (Å²) in [5.41, 5.74) is 5.89. The smallest absolute Gasteiger partial charge is 0.283 e. The summed E-state index contributed by atoms with van der Waals surface area (Å²) in [5, 5.41) is 1.13. The second-order valence-electron chi connectivity index (χ2n) is 6.22. The van der Waals surface area contributed by atoms with E-state index in [-0.39, 0.29) is 18.9 Å². The monoisotopic (exact) mass is 365 g/mol. The molecule has 1 aromatic heterocycles. The van der Waals surface area contributed by atoms with Gasteiger partial charge < -0.3 is 14.0 Å². The zero-order valence-electron chi connectivity index (χ0n) is 14.6. The van der Waals surface area contributed by atoms with Crippen LogP contribution in [0.4, 0.5) is 0 Å². The molecule has 3 aromatic rings. The molecule has 138 valence electrons. The van der Waals surface area contributed by atoms with E-state index in [9.17, 15) is 9.59 Å². The van der Waals surface area contributed by atoms with Gasteiger partial charge >= 0.3 is 0 Å². The first-order chi connectivity index (χ1) is 13.2. The maximum Gasteiger partial charge on any atom is 0.283 e. The molecule has 2 N–H and O–H groups in total. The van der Waals surface area contributed by atoms with E-state index in [4.69, 9.17) is 9.47 Å². The van der Waals surface area contributed by atoms with Crippen molar-refractivity contribution in [2.75, 3.05) is 6.61 Å². The van der Waals surface area contributed by atoms with Crippen molar-refractivity contribution in [1.29, 1.82) is 0 Å². The van der Waals surface area contributed by atoms with E-state index in [1.54, 1.807) is 18.2 Å². The average molecular weight is 365 g/mol. The Hall–Kier alpha value is -3.48. The fourth-order valence-electron chi connectivity index (χ4n) is 2.98. The number of rotatable bonds is 4. The Morgan fingerprint density at radius 3 is 2.67 bits per heavy atom. The van der Waals surface area contributed by atoms with Crippen LogP contribution in [0, 0.1) is 0 Å². The Labute approximate surface area is 155 Å². The van der Waals surface area contributed by atoms with Crippen LogP contribution in [0.2, 0.25) is 0 Å². The van der Waals surface area contributed by atoms with Gasteiger partial charge in [-0.3, -0.25) is 20.4 Å². The van der Waals surface area contributed by atoms with Gasteiger partial charge in [-0.1, -0.05) is 30.3 Å². The third-order valence-corrected chi connectivity index (χ3v) is 4.39. The van der Waals surface area contributed by atoms with E-state index in [2.05, 4.69) is 10.9 Å². The minimum absolute atomic E-state index is 0.0913. The topological polar surface area (TPSA) is 81.6 Å². The standard InChI is InChI=1S/C20H19N3O4/c24-19(10-12-23-11-9-14-5-1-2-6-15(14)23)21-22-20(25)18-13-26-16-7-3-4-8-17(16)27-18/h1-9,11,18H,10,12-13H2,(H,21,24)(H,22,25). The number of fused-ring (bicyclic) bond motifs is 2. The molecule has 1 aliphatic heterocycles. The molecule has 1 atom stereocenters. The molecular weight excluding hydrogens is 346 g/mol. The Morgan fingerprint density at radius 1 is 1.00 bits per heavy atom. The number of carbonyl (C=O) groups is 2. The molecule has 0 aliphatic carbocycles. The van der Waals surface area contributed by atoms with E-state index in [0.717, 1.165) is 10.9 Å². The van der Waals surface area contributed by atoms with Crippen LogP contribution >= 0.6 is 0 Å². The molecule has 1 aliphatic rings. The average Bonchev–Trinajstić information content (AvgIpc) is 3.13. The zero-order chi connectivity index (χ0) is 18.6. The lowest BCUT2D eigenvalue weighted by Gasteiger charge is -2.25. The van der Waals surface area contributed by atoms with Gasteiger partial charge in [0.05, 0.1) is 0 Å². The van der Waals surface area contributed by atoms with Crippen molar-refractivity contribution in [3.05, 3.63) is 60.8 Å². The molecule has 0 fully saturated rings. The van der Waals surface area contributed by atoms with E-state index < -0.39 is 12.0 Å². The Morgan fingerprint density at radius 2 is 1.78 bits per heavy atom. The van der Waals surface area contributed by atoms with Gasteiger partial charge in [0.2, 0.25) is 12.0 Å². The SMILES string of the molecule is O=C(CCn1ccc2ccccc21)NNC(=O)C1COc2ccccc2O1. The van der Waals surface area contributed by atoms with Crippen molar-refractivity contribution in [1.82, 2.24) is 15.4 Å². The van der Waals surface area contributed by atoms with Crippen LogP contribution in [0.1, 0.15) is 6.42 Å². The molecule has 0 saturated carbocycles. The summed E-state index contributed by atoms with van der Waals surface area (Å²) in [6.07, 6.45) is 1.37. The number of amides is 2. The minimum atomic E-state index is -0.811. The molecule has 0 saturated heterocycles. The van der Waals surface area contributed by atoms with Crippen molar-refractivity contribution in [2.24, 2.45) is 0 Å². The third kappa shape index (κ3) is 3.72. The third-order valence-electron chi connectivity index (χ3n) is 4.39. The van der Waals surface area contributed by atoms with Gasteiger partial charge in [0, 0.05) is 24.7 Å². The fourth-order valence-corrected chi connectivity index (χ4v) is 2.98. The van der Waals surface area contributed by atoms with Crippen LogP contribution in [0.3, 0.4) is 0 Å². The van der Waals surface area contributed by atoms with Crippen molar-refractivity contribution >= 4 is 22.7 Å². The van der Waals surface area contributed by atoms with Gasteiger partial charge in [-0.2, -0.15) is 0 Å². The summed E-state index contributed by atoms with van der Waals surface area (Å²) < 4.78 is 13.1. The summed E-state index contributed by atoms with van der Waals surface area (Å²) >= 11 is 0. The Balaban J connectivity index is 1.26. The number of hydrogen-bond acceptors (Lipinski definition) is 4. The number of ether oxygens (including phenoxy) is 2. The van der Waals surface area contributed by atoms with Crippen LogP contribution in [0.5, 0.6) is 11.5 Å². The van der Waals surface area contributed by atoms with E-state index in [0.29, 0.717) is 18.0 Å². The highest BCUT2D eigenvalue weighted by Gasteiger charge is 2.27. The molecule has 0 radical (unpaired) electrons. The minimum Gasteiger partial charge on any atom is -0.485 e. The first-order valence-corrected chi connectivity index (χ1v) is 8.72. The second kappa shape index (κ2) is 7.41. The number of para-hydroxylation sites is 3. The van der Waals surface area contributed by atoms with Crippen molar-refractivity contribution in [3.8, 4) is 11.5 Å². The largest absolute Gasteiger partial charge is 0.485 e. The number of hydrogen-bond donors (Lipinski definition) is 2. The molecule has 0 bridgehead atoms. The van der Waals surface area contributed by atoms with Crippen molar-refractivity contribution in [3.63, 3.8) is 0 Å². The lowest BCUT2D eigenvalue weighted by Crippen LogP contribution is -2.50. The predicted octanol–water partition coefficient (Wildman–Crippen LogP) is 2.02. The lowest BCUT2D eigenvalue weighted by atomic mass is 10.2. The quantitative estimate of drug-likeness (QED) is 0.693. The fraction of sp³-hybridized carbons (Fsp3) is 0.200. The molecule has 2 aromatic carbocycles. The van der Waals surface area contributed by atoms with Crippen LogP contribution in [0.15, 0.2) is 60.8 Å². The van der Waals surface area contributed by atoms with Crippen LogP contribution in [-0.2, 0) is 16.1 Å². The number of nitrogens with zero attached hydrogens (tertiary/aromatic N) is 1. The molecule has 27 heavy (non-hydrogen) atoms. The molecule has 2 amide bonds. The molecular formula is C20H19N3O4. The summed E-state index contributed by atoms with van der Waals surface area (Å²) in [7, 11) is 0. The highest BCUT2D eigenvalue weighted by Crippen LogP contribution is 2.30. The summed E-state index contributed by atoms with van der Waals surface area (Å²) in [5.74, 6) is 0.377. The Kier molecular flexibility index (Phi) is 4.65. The number of aromatic nitrogens is 1. The van der Waals surface area contributed by atoms with Crippen molar-refractivity contribution < 1.29 is 19.1 Å². The Bertz CT molecular complexity index is 982. The first kappa shape index (κ1) is 17.0. The number of aryl methyl sites for hydroxylation is 1. The molecule has 2 heterocycles. The number of nitrogens with one attached hydrogen (secondary N) is 2. The van der Waals surface area contributed by atoms with Crippen LogP contribution < -0.4 is 20.3 Å². The van der Waals surface area contributed by atoms with Gasteiger partial charge in [-0.15, -0.1) is 0 Å². The van der Waals surface area contributed by atoms with E-state index in [1.165, 1.54) is 0 Å². The number of benzene rings is 2. The van der Waals surface area contributed by atoms with Gasteiger partial charge in [-0.05, 0) is 29.7 Å².